The quantitative estimate of drug-likeness (QED) is 0.442. The van der Waals surface area contributed by atoms with Crippen LogP contribution >= 0.6 is 0 Å². The molecule has 1 atom stereocenters. The van der Waals surface area contributed by atoms with E-state index in [0.717, 1.165) is 0 Å². The van der Waals surface area contributed by atoms with Crippen LogP contribution in [0.4, 0.5) is 16.2 Å². The number of fused-ring (bicyclic) bond motifs is 1. The van der Waals surface area contributed by atoms with Gasteiger partial charge in [0.15, 0.2) is 17.0 Å². The molecule has 8 nitrogen and oxygen atoms in total. The van der Waals surface area contributed by atoms with E-state index >= 15 is 0 Å². The van der Waals surface area contributed by atoms with Crippen molar-refractivity contribution < 1.29 is 14.6 Å². The molecule has 0 aliphatic heterocycles. The van der Waals surface area contributed by atoms with Crippen molar-refractivity contribution in [1.82, 2.24) is 19.5 Å². The number of hydrogen-bond acceptors (Lipinski definition) is 7. The van der Waals surface area contributed by atoms with Gasteiger partial charge in [0.1, 0.15) is 11.6 Å². The van der Waals surface area contributed by atoms with Crippen LogP contribution in [0.25, 0.3) is 11.2 Å². The molecule has 1 aromatic carbocycles. The molecular weight excluding hydrogens is 387 g/mol. The maximum absolute atomic E-state index is 13.6. The summed E-state index contributed by atoms with van der Waals surface area (Å²) in [6.45, 7) is 9.69. The molecular formula is C21H29FN6O2. The zero-order valence-corrected chi connectivity index (χ0v) is 17.9. The number of rotatable bonds is 8. The van der Waals surface area contributed by atoms with Gasteiger partial charge in [-0.05, 0) is 59.2 Å². The van der Waals surface area contributed by atoms with Crippen LogP contribution in [-0.2, 0) is 6.54 Å². The molecule has 4 N–H and O–H groups in total. The second-order valence-electron chi connectivity index (χ2n) is 8.50. The molecule has 3 aromatic rings. The number of hydrogen-bond donors (Lipinski definition) is 4. The van der Waals surface area contributed by atoms with Gasteiger partial charge in [-0.2, -0.15) is 9.97 Å². The molecule has 0 amide bonds. The number of phenols is 1. The Labute approximate surface area is 175 Å². The van der Waals surface area contributed by atoms with E-state index in [2.05, 4.69) is 25.6 Å². The summed E-state index contributed by atoms with van der Waals surface area (Å²) in [5.41, 5.74) is 0.825. The van der Waals surface area contributed by atoms with Crippen LogP contribution in [0.15, 0.2) is 24.5 Å². The number of benzene rings is 1. The molecule has 3 rings (SSSR count). The highest BCUT2D eigenvalue weighted by Crippen LogP contribution is 2.26. The minimum absolute atomic E-state index is 0.000873. The molecule has 0 aliphatic rings. The van der Waals surface area contributed by atoms with Crippen molar-refractivity contribution >= 4 is 22.9 Å². The topological polar surface area (TPSA) is 108 Å². The number of halogens is 1. The summed E-state index contributed by atoms with van der Waals surface area (Å²) < 4.78 is 15.5. The number of imidazole rings is 1. The van der Waals surface area contributed by atoms with Crippen LogP contribution in [0, 0.1) is 5.82 Å². The number of anilines is 2. The zero-order valence-electron chi connectivity index (χ0n) is 17.9. The van der Waals surface area contributed by atoms with E-state index in [0.29, 0.717) is 34.9 Å². The van der Waals surface area contributed by atoms with Gasteiger partial charge in [0.05, 0.1) is 11.9 Å². The number of nitrogens with one attached hydrogen (secondary N) is 2. The Morgan fingerprint density at radius 2 is 1.93 bits per heavy atom. The Hall–Kier alpha value is -2.94. The third-order valence-electron chi connectivity index (χ3n) is 4.65. The number of phenolic OH excluding ortho intramolecular Hbond substituents is 1. The van der Waals surface area contributed by atoms with Crippen LogP contribution in [0.3, 0.4) is 0 Å². The molecule has 0 bridgehead atoms. The monoisotopic (exact) mass is 416 g/mol. The van der Waals surface area contributed by atoms with Crippen LogP contribution in [0.5, 0.6) is 5.75 Å². The first-order chi connectivity index (χ1) is 14.0. The van der Waals surface area contributed by atoms with E-state index < -0.39 is 11.4 Å². The lowest BCUT2D eigenvalue weighted by Gasteiger charge is -2.23. The molecule has 2 heterocycles. The maximum atomic E-state index is 13.6. The lowest BCUT2D eigenvalue weighted by molar-refractivity contribution is 0.0672. The molecule has 30 heavy (non-hydrogen) atoms. The Balaban J connectivity index is 1.94. The van der Waals surface area contributed by atoms with Crippen molar-refractivity contribution in [3.63, 3.8) is 0 Å². The van der Waals surface area contributed by atoms with Crippen molar-refractivity contribution in [2.75, 3.05) is 10.6 Å². The van der Waals surface area contributed by atoms with Gasteiger partial charge in [-0.3, -0.25) is 0 Å². The van der Waals surface area contributed by atoms with Gasteiger partial charge in [-0.15, -0.1) is 0 Å². The van der Waals surface area contributed by atoms with Crippen molar-refractivity contribution in [2.24, 2.45) is 0 Å². The molecule has 9 heteroatoms. The predicted molar refractivity (Wildman–Crippen MR) is 115 cm³/mol. The first kappa shape index (κ1) is 21.8. The fraction of sp³-hybridized carbons (Fsp3) is 0.476. The molecule has 0 saturated heterocycles. The van der Waals surface area contributed by atoms with E-state index in [1.165, 1.54) is 18.2 Å². The Bertz CT molecular complexity index is 1030. The lowest BCUT2D eigenvalue weighted by atomic mass is 10.0. The van der Waals surface area contributed by atoms with Gasteiger partial charge in [0, 0.05) is 24.2 Å². The summed E-state index contributed by atoms with van der Waals surface area (Å²) in [4.78, 5) is 13.6. The van der Waals surface area contributed by atoms with Gasteiger partial charge >= 0.3 is 0 Å². The lowest BCUT2D eigenvalue weighted by Crippen LogP contribution is -2.29. The highest BCUT2D eigenvalue weighted by molar-refractivity contribution is 5.84. The van der Waals surface area contributed by atoms with Crippen LogP contribution in [0.2, 0.25) is 0 Å². The predicted octanol–water partition coefficient (Wildman–Crippen LogP) is 3.83. The molecule has 162 valence electrons. The minimum atomic E-state index is -0.827. The number of nitrogens with zero attached hydrogens (tertiary/aromatic N) is 4. The molecule has 0 radical (unpaired) electrons. The average Bonchev–Trinajstić information content (AvgIpc) is 3.04. The second-order valence-corrected chi connectivity index (χ2v) is 8.50. The summed E-state index contributed by atoms with van der Waals surface area (Å²) in [5.74, 6) is 0.442. The van der Waals surface area contributed by atoms with E-state index in [4.69, 9.17) is 0 Å². The van der Waals surface area contributed by atoms with Crippen molar-refractivity contribution in [2.45, 2.75) is 65.3 Å². The minimum Gasteiger partial charge on any atom is -0.508 e. The molecule has 0 fully saturated rings. The van der Waals surface area contributed by atoms with Gasteiger partial charge in [-0.1, -0.05) is 0 Å². The summed E-state index contributed by atoms with van der Waals surface area (Å²) in [6, 6.07) is 3.88. The van der Waals surface area contributed by atoms with Gasteiger partial charge in [0.2, 0.25) is 5.95 Å². The third kappa shape index (κ3) is 5.15. The van der Waals surface area contributed by atoms with Crippen LogP contribution in [0.1, 0.15) is 52.6 Å². The summed E-state index contributed by atoms with van der Waals surface area (Å²) in [6.07, 6.45) is 2.22. The largest absolute Gasteiger partial charge is 0.508 e. The summed E-state index contributed by atoms with van der Waals surface area (Å²) in [7, 11) is 0. The van der Waals surface area contributed by atoms with Crippen molar-refractivity contribution in [3.05, 3.63) is 35.9 Å². The SMILES string of the molecule is CC(CC(C)(C)O)Nc1nc(NCc2cc(F)ccc2O)c2ncn(C(C)C)c2n1. The first-order valence-corrected chi connectivity index (χ1v) is 9.98. The fourth-order valence-corrected chi connectivity index (χ4v) is 3.38. The summed E-state index contributed by atoms with van der Waals surface area (Å²) >= 11 is 0. The third-order valence-corrected chi connectivity index (χ3v) is 4.65. The zero-order chi connectivity index (χ0) is 22.1. The first-order valence-electron chi connectivity index (χ1n) is 9.98. The summed E-state index contributed by atoms with van der Waals surface area (Å²) in [5, 5.41) is 26.4. The fourth-order valence-electron chi connectivity index (χ4n) is 3.38. The number of aromatic nitrogens is 4. The standard InChI is InChI=1S/C21H29FN6O2/c1-12(2)28-11-24-17-18(23-10-14-8-15(22)6-7-16(14)29)26-20(27-19(17)28)25-13(3)9-21(4,5)30/h6-8,11-13,29-30H,9-10H2,1-5H3,(H2,23,25,26,27). The van der Waals surface area contributed by atoms with E-state index in [9.17, 15) is 14.6 Å². The molecule has 0 aliphatic carbocycles. The Morgan fingerprint density at radius 1 is 1.20 bits per heavy atom. The molecule has 0 saturated carbocycles. The van der Waals surface area contributed by atoms with E-state index in [1.807, 2.05) is 25.3 Å². The highest BCUT2D eigenvalue weighted by Gasteiger charge is 2.20. The second kappa shape index (κ2) is 8.43. The maximum Gasteiger partial charge on any atom is 0.226 e. The van der Waals surface area contributed by atoms with Gasteiger partial charge < -0.3 is 25.4 Å². The smallest absolute Gasteiger partial charge is 0.226 e. The molecule has 1 unspecified atom stereocenters. The molecule has 2 aromatic heterocycles. The van der Waals surface area contributed by atoms with E-state index in [1.54, 1.807) is 20.2 Å². The van der Waals surface area contributed by atoms with E-state index in [-0.39, 0.29) is 24.4 Å². The Kier molecular flexibility index (Phi) is 6.12. The normalized spacial score (nSPS) is 13.1. The Morgan fingerprint density at radius 3 is 2.60 bits per heavy atom. The van der Waals surface area contributed by atoms with Crippen LogP contribution < -0.4 is 10.6 Å². The highest BCUT2D eigenvalue weighted by atomic mass is 19.1. The van der Waals surface area contributed by atoms with Gasteiger partial charge in [-0.25, -0.2) is 9.37 Å². The molecule has 0 spiro atoms. The van der Waals surface area contributed by atoms with Crippen molar-refractivity contribution in [3.8, 4) is 5.75 Å². The van der Waals surface area contributed by atoms with Crippen LogP contribution in [-0.4, -0.2) is 41.4 Å². The number of aromatic hydroxyl groups is 1. The number of aliphatic hydroxyl groups is 1. The van der Waals surface area contributed by atoms with Crippen molar-refractivity contribution in [1.29, 1.82) is 0 Å². The van der Waals surface area contributed by atoms with Gasteiger partial charge in [0.25, 0.3) is 0 Å². The average molecular weight is 417 g/mol.